The van der Waals surface area contributed by atoms with E-state index in [4.69, 9.17) is 5.73 Å². The normalized spacial score (nSPS) is 10.2. The third-order valence-corrected chi connectivity index (χ3v) is 3.39. The molecular weight excluding hydrogens is 260 g/mol. The molecule has 2 rings (SSSR count). The second-order valence-corrected chi connectivity index (χ2v) is 5.09. The third-order valence-electron chi connectivity index (χ3n) is 2.41. The van der Waals surface area contributed by atoms with Crippen molar-refractivity contribution >= 4 is 23.4 Å². The summed E-state index contributed by atoms with van der Waals surface area (Å²) in [5.41, 5.74) is 7.08. The van der Waals surface area contributed by atoms with Crippen molar-refractivity contribution in [3.63, 3.8) is 0 Å². The summed E-state index contributed by atoms with van der Waals surface area (Å²) in [7, 11) is 3.41. The van der Waals surface area contributed by atoms with E-state index in [2.05, 4.69) is 9.97 Å². The maximum Gasteiger partial charge on any atom is 0.253 e. The molecule has 0 fully saturated rings. The van der Waals surface area contributed by atoms with Crippen LogP contribution in [-0.4, -0.2) is 34.9 Å². The van der Waals surface area contributed by atoms with Gasteiger partial charge in [0.1, 0.15) is 0 Å². The molecule has 1 aromatic heterocycles. The van der Waals surface area contributed by atoms with E-state index in [1.807, 2.05) is 6.07 Å². The van der Waals surface area contributed by atoms with Gasteiger partial charge in [-0.1, -0.05) is 0 Å². The number of benzene rings is 1. The Balaban J connectivity index is 2.23. The van der Waals surface area contributed by atoms with Crippen LogP contribution in [0.3, 0.4) is 0 Å². The Kier molecular flexibility index (Phi) is 4.01. The van der Waals surface area contributed by atoms with Crippen molar-refractivity contribution in [1.82, 2.24) is 14.9 Å². The monoisotopic (exact) mass is 274 g/mol. The molecular formula is C13H14N4OS. The lowest BCUT2D eigenvalue weighted by atomic mass is 10.2. The number of rotatable bonds is 3. The van der Waals surface area contributed by atoms with Gasteiger partial charge in [-0.3, -0.25) is 4.79 Å². The number of amides is 1. The van der Waals surface area contributed by atoms with Crippen molar-refractivity contribution in [1.29, 1.82) is 0 Å². The van der Waals surface area contributed by atoms with E-state index in [1.165, 1.54) is 16.7 Å². The minimum absolute atomic E-state index is 0.0702. The number of nitrogens with two attached hydrogens (primary N) is 1. The quantitative estimate of drug-likeness (QED) is 0.683. The van der Waals surface area contributed by atoms with Crippen LogP contribution in [0.4, 0.5) is 5.69 Å². The first-order chi connectivity index (χ1) is 9.08. The highest BCUT2D eigenvalue weighted by molar-refractivity contribution is 7.99. The first-order valence-corrected chi connectivity index (χ1v) is 6.45. The van der Waals surface area contributed by atoms with Crippen LogP contribution in [0.5, 0.6) is 0 Å². The first-order valence-electron chi connectivity index (χ1n) is 5.64. The first kappa shape index (κ1) is 13.4. The van der Waals surface area contributed by atoms with Crippen molar-refractivity contribution in [2.24, 2.45) is 0 Å². The summed E-state index contributed by atoms with van der Waals surface area (Å²) in [5, 5.41) is 0.626. The zero-order valence-corrected chi connectivity index (χ0v) is 11.5. The molecule has 2 aromatic rings. The lowest BCUT2D eigenvalue weighted by Crippen LogP contribution is -2.21. The Bertz CT molecular complexity index is 586. The van der Waals surface area contributed by atoms with Crippen molar-refractivity contribution in [3.05, 3.63) is 42.2 Å². The summed E-state index contributed by atoms with van der Waals surface area (Å²) in [6, 6.07) is 7.00. The van der Waals surface area contributed by atoms with Gasteiger partial charge in [0.05, 0.1) is 0 Å². The Hall–Kier alpha value is -2.08. The predicted molar refractivity (Wildman–Crippen MR) is 75.0 cm³/mol. The average Bonchev–Trinajstić information content (AvgIpc) is 2.41. The molecule has 0 aliphatic heterocycles. The van der Waals surface area contributed by atoms with Gasteiger partial charge >= 0.3 is 0 Å². The van der Waals surface area contributed by atoms with Gasteiger partial charge in [-0.25, -0.2) is 9.97 Å². The number of nitrogens with zero attached hydrogens (tertiary/aromatic N) is 3. The summed E-state index contributed by atoms with van der Waals surface area (Å²) >= 11 is 1.37. The molecule has 0 saturated carbocycles. The van der Waals surface area contributed by atoms with Crippen LogP contribution >= 0.6 is 11.8 Å². The minimum Gasteiger partial charge on any atom is -0.398 e. The van der Waals surface area contributed by atoms with E-state index in [-0.39, 0.29) is 5.91 Å². The largest absolute Gasteiger partial charge is 0.398 e. The molecule has 1 amide bonds. The number of carbonyl (C=O) groups excluding carboxylic acids is 1. The topological polar surface area (TPSA) is 72.1 Å². The van der Waals surface area contributed by atoms with E-state index in [9.17, 15) is 4.79 Å². The van der Waals surface area contributed by atoms with Crippen LogP contribution in [0.15, 0.2) is 46.7 Å². The Morgan fingerprint density at radius 2 is 1.95 bits per heavy atom. The number of anilines is 1. The number of aromatic nitrogens is 2. The molecule has 5 nitrogen and oxygen atoms in total. The van der Waals surface area contributed by atoms with Gasteiger partial charge in [-0.15, -0.1) is 0 Å². The molecule has 1 aromatic carbocycles. The standard InChI is InChI=1S/C13H14N4OS/c1-17(2)12(18)9-4-5-11(10(14)8-9)19-13-15-6-3-7-16-13/h3-8H,14H2,1-2H3. The molecule has 0 bridgehead atoms. The number of hydrogen-bond donors (Lipinski definition) is 1. The maximum atomic E-state index is 11.8. The van der Waals surface area contributed by atoms with Gasteiger partial charge in [0.15, 0.2) is 5.16 Å². The lowest BCUT2D eigenvalue weighted by Gasteiger charge is -2.11. The van der Waals surface area contributed by atoms with E-state index in [1.54, 1.807) is 44.7 Å². The fourth-order valence-electron chi connectivity index (χ4n) is 1.47. The molecule has 0 saturated heterocycles. The molecule has 0 aliphatic rings. The molecule has 0 radical (unpaired) electrons. The van der Waals surface area contributed by atoms with Gasteiger partial charge in [-0.05, 0) is 36.0 Å². The second kappa shape index (κ2) is 5.71. The highest BCUT2D eigenvalue weighted by atomic mass is 32.2. The van der Waals surface area contributed by atoms with Crippen LogP contribution < -0.4 is 5.73 Å². The smallest absolute Gasteiger partial charge is 0.253 e. The number of carbonyl (C=O) groups is 1. The molecule has 98 valence electrons. The van der Waals surface area contributed by atoms with Crippen molar-refractivity contribution in [3.8, 4) is 0 Å². The predicted octanol–water partition coefficient (Wildman–Crippen LogP) is 1.91. The molecule has 0 spiro atoms. The van der Waals surface area contributed by atoms with Gasteiger partial charge in [0.2, 0.25) is 0 Å². The van der Waals surface area contributed by atoms with Crippen LogP contribution in [0.1, 0.15) is 10.4 Å². The van der Waals surface area contributed by atoms with Crippen molar-refractivity contribution in [2.75, 3.05) is 19.8 Å². The SMILES string of the molecule is CN(C)C(=O)c1ccc(Sc2ncccn2)c(N)c1. The zero-order valence-electron chi connectivity index (χ0n) is 10.7. The summed E-state index contributed by atoms with van der Waals surface area (Å²) in [4.78, 5) is 22.4. The van der Waals surface area contributed by atoms with E-state index in [0.717, 1.165) is 4.90 Å². The Morgan fingerprint density at radius 3 is 2.53 bits per heavy atom. The zero-order chi connectivity index (χ0) is 13.8. The highest BCUT2D eigenvalue weighted by Gasteiger charge is 2.11. The number of nitrogen functional groups attached to an aromatic ring is 1. The van der Waals surface area contributed by atoms with Crippen LogP contribution in [-0.2, 0) is 0 Å². The molecule has 0 aliphatic carbocycles. The van der Waals surface area contributed by atoms with Gasteiger partial charge in [0.25, 0.3) is 5.91 Å². The number of hydrogen-bond acceptors (Lipinski definition) is 5. The summed E-state index contributed by atoms with van der Waals surface area (Å²) < 4.78 is 0. The van der Waals surface area contributed by atoms with Gasteiger partial charge in [-0.2, -0.15) is 0 Å². The highest BCUT2D eigenvalue weighted by Crippen LogP contribution is 2.30. The van der Waals surface area contributed by atoms with E-state index >= 15 is 0 Å². The molecule has 2 N–H and O–H groups in total. The minimum atomic E-state index is -0.0702. The molecule has 19 heavy (non-hydrogen) atoms. The van der Waals surface area contributed by atoms with E-state index in [0.29, 0.717) is 16.4 Å². The lowest BCUT2D eigenvalue weighted by molar-refractivity contribution is 0.0827. The fraction of sp³-hybridized carbons (Fsp3) is 0.154. The summed E-state index contributed by atoms with van der Waals surface area (Å²) in [5.74, 6) is -0.0702. The maximum absolute atomic E-state index is 11.8. The Labute approximate surface area is 115 Å². The molecule has 0 atom stereocenters. The summed E-state index contributed by atoms with van der Waals surface area (Å²) in [6.45, 7) is 0. The molecule has 1 heterocycles. The Morgan fingerprint density at radius 1 is 1.26 bits per heavy atom. The van der Waals surface area contributed by atoms with E-state index < -0.39 is 0 Å². The summed E-state index contributed by atoms with van der Waals surface area (Å²) in [6.07, 6.45) is 3.35. The average molecular weight is 274 g/mol. The molecule has 0 unspecified atom stereocenters. The van der Waals surface area contributed by atoms with Gasteiger partial charge in [0, 0.05) is 42.6 Å². The van der Waals surface area contributed by atoms with Gasteiger partial charge < -0.3 is 10.6 Å². The second-order valence-electron chi connectivity index (χ2n) is 4.09. The fourth-order valence-corrected chi connectivity index (χ4v) is 2.21. The molecule has 6 heteroatoms. The van der Waals surface area contributed by atoms with Crippen molar-refractivity contribution in [2.45, 2.75) is 10.1 Å². The van der Waals surface area contributed by atoms with Crippen LogP contribution in [0, 0.1) is 0 Å². The van der Waals surface area contributed by atoms with Crippen molar-refractivity contribution < 1.29 is 4.79 Å². The third kappa shape index (κ3) is 3.23. The van der Waals surface area contributed by atoms with Crippen LogP contribution in [0.25, 0.3) is 0 Å². The van der Waals surface area contributed by atoms with Crippen LogP contribution in [0.2, 0.25) is 0 Å².